The Morgan fingerprint density at radius 2 is 2.11 bits per heavy atom. The van der Waals surface area contributed by atoms with Crippen molar-refractivity contribution < 1.29 is 14.0 Å². The summed E-state index contributed by atoms with van der Waals surface area (Å²) in [5.74, 6) is -0.0721. The maximum Gasteiger partial charge on any atom is 0.274 e. The van der Waals surface area contributed by atoms with Crippen LogP contribution in [0.25, 0.3) is 0 Å². The van der Waals surface area contributed by atoms with Crippen molar-refractivity contribution in [1.29, 1.82) is 0 Å². The second-order valence-corrected chi connectivity index (χ2v) is 7.07. The number of rotatable bonds is 7. The Kier molecular flexibility index (Phi) is 5.98. The van der Waals surface area contributed by atoms with Gasteiger partial charge in [-0.15, -0.1) is 0 Å². The lowest BCUT2D eigenvalue weighted by molar-refractivity contribution is -0.119. The van der Waals surface area contributed by atoms with Crippen molar-refractivity contribution in [3.05, 3.63) is 52.4 Å². The first-order valence-electron chi connectivity index (χ1n) is 8.79. The van der Waals surface area contributed by atoms with E-state index in [-0.39, 0.29) is 18.1 Å². The molecule has 0 spiro atoms. The van der Waals surface area contributed by atoms with Crippen molar-refractivity contribution in [2.75, 3.05) is 5.32 Å². The van der Waals surface area contributed by atoms with Crippen LogP contribution < -0.4 is 10.6 Å². The third-order valence-corrected chi connectivity index (χ3v) is 4.97. The normalized spacial score (nSPS) is 12.0. The molecule has 0 aliphatic heterocycles. The number of aryl methyl sites for hydroxylation is 2. The van der Waals surface area contributed by atoms with E-state index in [2.05, 4.69) is 36.8 Å². The Bertz CT molecular complexity index is 956. The molecule has 0 saturated carbocycles. The zero-order valence-electron chi connectivity index (χ0n) is 15.8. The standard InChI is InChI=1S/C18H21BrN6O3/c1-4-24-10-15(16(23-24)18(27)20-8-13-6-5-7-28-13)21-17(26)12(3)25-9-14(19)11(2)22-25/h5-7,9-10,12H,4,8H2,1-3H3,(H,20,27)(H,21,26). The molecule has 3 heterocycles. The third-order valence-electron chi connectivity index (χ3n) is 4.19. The Morgan fingerprint density at radius 3 is 2.71 bits per heavy atom. The Morgan fingerprint density at radius 1 is 1.32 bits per heavy atom. The number of nitrogens with zero attached hydrogens (tertiary/aromatic N) is 4. The van der Waals surface area contributed by atoms with E-state index in [0.717, 1.165) is 10.2 Å². The highest BCUT2D eigenvalue weighted by Gasteiger charge is 2.22. The summed E-state index contributed by atoms with van der Waals surface area (Å²) >= 11 is 3.39. The summed E-state index contributed by atoms with van der Waals surface area (Å²) in [6.07, 6.45) is 4.92. The fourth-order valence-corrected chi connectivity index (χ4v) is 2.81. The molecule has 1 atom stereocenters. The van der Waals surface area contributed by atoms with Crippen molar-refractivity contribution in [3.63, 3.8) is 0 Å². The van der Waals surface area contributed by atoms with E-state index in [1.807, 2.05) is 13.8 Å². The molecule has 0 aliphatic rings. The highest BCUT2D eigenvalue weighted by atomic mass is 79.9. The molecule has 9 nitrogen and oxygen atoms in total. The molecule has 3 aromatic heterocycles. The lowest BCUT2D eigenvalue weighted by Crippen LogP contribution is -2.27. The molecule has 0 radical (unpaired) electrons. The fraction of sp³-hybridized carbons (Fsp3) is 0.333. The second kappa shape index (κ2) is 8.42. The number of hydrogen-bond donors (Lipinski definition) is 2. The first-order chi connectivity index (χ1) is 13.4. The first kappa shape index (κ1) is 19.9. The number of carbonyl (C=O) groups is 2. The molecule has 0 fully saturated rings. The smallest absolute Gasteiger partial charge is 0.274 e. The average molecular weight is 449 g/mol. The van der Waals surface area contributed by atoms with E-state index in [9.17, 15) is 9.59 Å². The molecule has 0 bridgehead atoms. The maximum atomic E-state index is 12.7. The Labute approximate surface area is 170 Å². The first-order valence-corrected chi connectivity index (χ1v) is 9.58. The van der Waals surface area contributed by atoms with Crippen LogP contribution >= 0.6 is 15.9 Å². The van der Waals surface area contributed by atoms with E-state index >= 15 is 0 Å². The summed E-state index contributed by atoms with van der Waals surface area (Å²) in [6, 6.07) is 2.95. The fourth-order valence-electron chi connectivity index (χ4n) is 2.52. The van der Waals surface area contributed by atoms with E-state index in [0.29, 0.717) is 18.0 Å². The highest BCUT2D eigenvalue weighted by Crippen LogP contribution is 2.20. The van der Waals surface area contributed by atoms with Crippen LogP contribution in [0.5, 0.6) is 0 Å². The van der Waals surface area contributed by atoms with Crippen molar-refractivity contribution in [3.8, 4) is 0 Å². The largest absolute Gasteiger partial charge is 0.467 e. The van der Waals surface area contributed by atoms with Crippen LogP contribution in [0.15, 0.2) is 39.7 Å². The number of halogens is 1. The topological polar surface area (TPSA) is 107 Å². The maximum absolute atomic E-state index is 12.7. The van der Waals surface area contributed by atoms with Gasteiger partial charge in [0.2, 0.25) is 5.91 Å². The van der Waals surface area contributed by atoms with Crippen molar-refractivity contribution in [2.45, 2.75) is 39.9 Å². The van der Waals surface area contributed by atoms with E-state index in [4.69, 9.17) is 4.42 Å². The number of hydrogen-bond acceptors (Lipinski definition) is 5. The molecule has 0 saturated heterocycles. The van der Waals surface area contributed by atoms with E-state index in [1.54, 1.807) is 40.8 Å². The van der Waals surface area contributed by atoms with Gasteiger partial charge in [0, 0.05) is 18.9 Å². The number of aromatic nitrogens is 4. The third kappa shape index (κ3) is 4.33. The predicted molar refractivity (Wildman–Crippen MR) is 106 cm³/mol. The van der Waals surface area contributed by atoms with Crippen LogP contribution in [0.3, 0.4) is 0 Å². The minimum absolute atomic E-state index is 0.145. The SMILES string of the molecule is CCn1cc(NC(=O)C(C)n2cc(Br)c(C)n2)c(C(=O)NCc2ccco2)n1. The van der Waals surface area contributed by atoms with Crippen LogP contribution in [0, 0.1) is 6.92 Å². The van der Waals surface area contributed by atoms with Crippen LogP contribution in [0.1, 0.15) is 41.8 Å². The quantitative estimate of drug-likeness (QED) is 0.577. The van der Waals surface area contributed by atoms with E-state index in [1.165, 1.54) is 6.26 Å². The number of furan rings is 1. The molecule has 10 heteroatoms. The summed E-state index contributed by atoms with van der Waals surface area (Å²) in [6.45, 7) is 6.27. The molecular formula is C18H21BrN6O3. The summed E-state index contributed by atoms with van der Waals surface area (Å²) in [5.41, 5.74) is 1.28. The van der Waals surface area contributed by atoms with Gasteiger partial charge >= 0.3 is 0 Å². The molecule has 3 rings (SSSR count). The summed E-state index contributed by atoms with van der Waals surface area (Å²) in [4.78, 5) is 25.2. The predicted octanol–water partition coefficient (Wildman–Crippen LogP) is 2.89. The van der Waals surface area contributed by atoms with E-state index < -0.39 is 11.9 Å². The summed E-state index contributed by atoms with van der Waals surface area (Å²) < 4.78 is 9.19. The monoisotopic (exact) mass is 448 g/mol. The van der Waals surface area contributed by atoms with Gasteiger partial charge in [0.15, 0.2) is 5.69 Å². The van der Waals surface area contributed by atoms with Gasteiger partial charge in [-0.2, -0.15) is 10.2 Å². The van der Waals surface area contributed by atoms with Gasteiger partial charge in [0.25, 0.3) is 5.91 Å². The lowest BCUT2D eigenvalue weighted by Gasteiger charge is -2.12. The Balaban J connectivity index is 1.74. The summed E-state index contributed by atoms with van der Waals surface area (Å²) in [5, 5.41) is 14.1. The average Bonchev–Trinajstić information content (AvgIpc) is 3.40. The number of carbonyl (C=O) groups excluding carboxylic acids is 2. The van der Waals surface area contributed by atoms with Crippen LogP contribution in [-0.2, 0) is 17.9 Å². The van der Waals surface area contributed by atoms with Gasteiger partial charge in [-0.3, -0.25) is 19.0 Å². The molecule has 0 aromatic carbocycles. The minimum atomic E-state index is -0.561. The highest BCUT2D eigenvalue weighted by molar-refractivity contribution is 9.10. The van der Waals surface area contributed by atoms with Gasteiger partial charge in [-0.1, -0.05) is 0 Å². The zero-order valence-corrected chi connectivity index (χ0v) is 17.4. The molecule has 3 aromatic rings. The van der Waals surface area contributed by atoms with Gasteiger partial charge in [-0.25, -0.2) is 0 Å². The molecule has 1 unspecified atom stereocenters. The summed E-state index contributed by atoms with van der Waals surface area (Å²) in [7, 11) is 0. The van der Waals surface area contributed by atoms with Crippen LogP contribution in [0.2, 0.25) is 0 Å². The number of amides is 2. The van der Waals surface area contributed by atoms with Crippen LogP contribution in [-0.4, -0.2) is 31.4 Å². The molecular weight excluding hydrogens is 428 g/mol. The van der Waals surface area contributed by atoms with Crippen LogP contribution in [0.4, 0.5) is 5.69 Å². The second-order valence-electron chi connectivity index (χ2n) is 6.22. The molecule has 2 N–H and O–H groups in total. The molecule has 148 valence electrons. The zero-order chi connectivity index (χ0) is 20.3. The van der Waals surface area contributed by atoms with Gasteiger partial charge in [-0.05, 0) is 48.8 Å². The number of anilines is 1. The Hall–Kier alpha value is -2.88. The van der Waals surface area contributed by atoms with Crippen molar-refractivity contribution in [1.82, 2.24) is 24.9 Å². The van der Waals surface area contributed by atoms with Gasteiger partial charge < -0.3 is 15.1 Å². The molecule has 0 aliphatic carbocycles. The minimum Gasteiger partial charge on any atom is -0.467 e. The molecule has 2 amide bonds. The van der Waals surface area contributed by atoms with Crippen molar-refractivity contribution >= 4 is 33.4 Å². The van der Waals surface area contributed by atoms with Gasteiger partial charge in [0.05, 0.1) is 28.7 Å². The van der Waals surface area contributed by atoms with Crippen molar-refractivity contribution in [2.24, 2.45) is 0 Å². The van der Waals surface area contributed by atoms with Gasteiger partial charge in [0.1, 0.15) is 11.8 Å². The lowest BCUT2D eigenvalue weighted by atomic mass is 10.3. The molecule has 28 heavy (non-hydrogen) atoms. The number of nitrogens with one attached hydrogen (secondary N) is 2.